The highest BCUT2D eigenvalue weighted by molar-refractivity contribution is 5.87. The van der Waals surface area contributed by atoms with Crippen LogP contribution in [-0.2, 0) is 6.54 Å². The van der Waals surface area contributed by atoms with Crippen molar-refractivity contribution in [2.75, 3.05) is 7.11 Å². The molecule has 0 heterocycles. The molecule has 0 aliphatic rings. The number of rotatable bonds is 6. The Morgan fingerprint density at radius 3 is 2.71 bits per heavy atom. The summed E-state index contributed by atoms with van der Waals surface area (Å²) in [6.45, 7) is 2.68. The normalized spacial score (nSPS) is 11.9. The van der Waals surface area contributed by atoms with Crippen molar-refractivity contribution < 1.29 is 14.6 Å². The van der Waals surface area contributed by atoms with E-state index in [2.05, 4.69) is 12.2 Å². The maximum atomic E-state index is 10.9. The van der Waals surface area contributed by atoms with E-state index in [1.165, 1.54) is 0 Å². The molecule has 0 aliphatic carbocycles. The minimum absolute atomic E-state index is 0.147. The van der Waals surface area contributed by atoms with E-state index in [0.717, 1.165) is 16.9 Å². The smallest absolute Gasteiger partial charge is 0.335 e. The molecule has 1 atom stereocenters. The molecule has 4 nitrogen and oxygen atoms in total. The van der Waals surface area contributed by atoms with Crippen molar-refractivity contribution in [3.05, 3.63) is 65.2 Å². The van der Waals surface area contributed by atoms with Gasteiger partial charge in [0, 0.05) is 12.6 Å². The van der Waals surface area contributed by atoms with Crippen molar-refractivity contribution in [2.45, 2.75) is 19.5 Å². The van der Waals surface area contributed by atoms with E-state index in [4.69, 9.17) is 9.84 Å². The second-order valence-corrected chi connectivity index (χ2v) is 4.88. The zero-order valence-electron chi connectivity index (χ0n) is 12.2. The van der Waals surface area contributed by atoms with Gasteiger partial charge in [-0.25, -0.2) is 4.79 Å². The van der Waals surface area contributed by atoms with Gasteiger partial charge in [0.1, 0.15) is 5.75 Å². The summed E-state index contributed by atoms with van der Waals surface area (Å²) in [4.78, 5) is 10.9. The number of nitrogens with one attached hydrogen (secondary N) is 1. The van der Waals surface area contributed by atoms with Gasteiger partial charge in [0.15, 0.2) is 0 Å². The Bertz CT molecular complexity index is 625. The molecule has 0 spiro atoms. The first kappa shape index (κ1) is 15.1. The van der Waals surface area contributed by atoms with Gasteiger partial charge in [-0.15, -0.1) is 0 Å². The Hall–Kier alpha value is -2.33. The highest BCUT2D eigenvalue weighted by Crippen LogP contribution is 2.19. The molecule has 0 fully saturated rings. The van der Waals surface area contributed by atoms with Crippen molar-refractivity contribution in [2.24, 2.45) is 0 Å². The Balaban J connectivity index is 2.01. The predicted molar refractivity (Wildman–Crippen MR) is 81.7 cm³/mol. The maximum Gasteiger partial charge on any atom is 0.335 e. The van der Waals surface area contributed by atoms with Crippen molar-refractivity contribution in [3.8, 4) is 5.75 Å². The molecule has 2 aromatic rings. The first-order valence-electron chi connectivity index (χ1n) is 6.79. The van der Waals surface area contributed by atoms with Gasteiger partial charge >= 0.3 is 5.97 Å². The first-order valence-corrected chi connectivity index (χ1v) is 6.79. The van der Waals surface area contributed by atoms with Gasteiger partial charge in [0.05, 0.1) is 12.7 Å². The molecule has 0 saturated carbocycles. The van der Waals surface area contributed by atoms with E-state index in [1.54, 1.807) is 25.3 Å². The molecule has 2 rings (SSSR count). The Morgan fingerprint density at radius 2 is 2.00 bits per heavy atom. The molecule has 2 N–H and O–H groups in total. The molecule has 0 aromatic heterocycles. The Kier molecular flexibility index (Phi) is 4.95. The van der Waals surface area contributed by atoms with E-state index in [-0.39, 0.29) is 6.04 Å². The Morgan fingerprint density at radius 1 is 1.24 bits per heavy atom. The number of carboxylic acid groups (broad SMARTS) is 1. The van der Waals surface area contributed by atoms with E-state index < -0.39 is 5.97 Å². The van der Waals surface area contributed by atoms with Crippen LogP contribution in [0.3, 0.4) is 0 Å². The van der Waals surface area contributed by atoms with Gasteiger partial charge in [0.2, 0.25) is 0 Å². The molecule has 0 saturated heterocycles. The number of carbonyl (C=O) groups is 1. The standard InChI is InChI=1S/C17H19NO3/c1-12(14-6-4-8-16(10-14)21-2)18-11-13-5-3-7-15(9-13)17(19)20/h3-10,12,18H,11H2,1-2H3,(H,19,20)/t12-/m0/s1. The zero-order chi connectivity index (χ0) is 15.2. The van der Waals surface area contributed by atoms with Crippen molar-refractivity contribution in [1.82, 2.24) is 5.32 Å². The molecule has 0 radical (unpaired) electrons. The van der Waals surface area contributed by atoms with Crippen molar-refractivity contribution >= 4 is 5.97 Å². The van der Waals surface area contributed by atoms with Gasteiger partial charge in [-0.2, -0.15) is 0 Å². The van der Waals surface area contributed by atoms with Crippen molar-refractivity contribution in [1.29, 1.82) is 0 Å². The van der Waals surface area contributed by atoms with Crippen LogP contribution in [-0.4, -0.2) is 18.2 Å². The summed E-state index contributed by atoms with van der Waals surface area (Å²) in [5.74, 6) is -0.0771. The predicted octanol–water partition coefficient (Wildman–Crippen LogP) is 3.24. The van der Waals surface area contributed by atoms with E-state index in [0.29, 0.717) is 12.1 Å². The average Bonchev–Trinajstić information content (AvgIpc) is 2.53. The van der Waals surface area contributed by atoms with Crippen LogP contribution in [0, 0.1) is 0 Å². The lowest BCUT2D eigenvalue weighted by Gasteiger charge is -2.15. The lowest BCUT2D eigenvalue weighted by Crippen LogP contribution is -2.18. The topological polar surface area (TPSA) is 58.6 Å². The van der Waals surface area contributed by atoms with Crippen LogP contribution in [0.25, 0.3) is 0 Å². The number of carboxylic acids is 1. The highest BCUT2D eigenvalue weighted by atomic mass is 16.5. The molecule has 0 aliphatic heterocycles. The second-order valence-electron chi connectivity index (χ2n) is 4.88. The molecule has 4 heteroatoms. The number of hydrogen-bond acceptors (Lipinski definition) is 3. The SMILES string of the molecule is COc1cccc([C@H](C)NCc2cccc(C(=O)O)c2)c1. The average molecular weight is 285 g/mol. The van der Waals surface area contributed by atoms with Gasteiger partial charge in [-0.05, 0) is 42.3 Å². The molecule has 0 bridgehead atoms. The number of methoxy groups -OCH3 is 1. The summed E-state index contributed by atoms with van der Waals surface area (Å²) in [6.07, 6.45) is 0. The van der Waals surface area contributed by atoms with Crippen LogP contribution >= 0.6 is 0 Å². The third-order valence-electron chi connectivity index (χ3n) is 3.38. The highest BCUT2D eigenvalue weighted by Gasteiger charge is 2.07. The zero-order valence-corrected chi connectivity index (χ0v) is 12.2. The largest absolute Gasteiger partial charge is 0.497 e. The number of benzene rings is 2. The maximum absolute atomic E-state index is 10.9. The monoisotopic (exact) mass is 285 g/mol. The first-order chi connectivity index (χ1) is 10.1. The summed E-state index contributed by atoms with van der Waals surface area (Å²) < 4.78 is 5.22. The van der Waals surface area contributed by atoms with E-state index in [9.17, 15) is 4.79 Å². The fourth-order valence-electron chi connectivity index (χ4n) is 2.11. The van der Waals surface area contributed by atoms with Crippen molar-refractivity contribution in [3.63, 3.8) is 0 Å². The summed E-state index contributed by atoms with van der Waals surface area (Å²) >= 11 is 0. The molecular formula is C17H19NO3. The lowest BCUT2D eigenvalue weighted by atomic mass is 10.1. The van der Waals surface area contributed by atoms with Crippen LogP contribution in [0.15, 0.2) is 48.5 Å². The number of hydrogen-bond donors (Lipinski definition) is 2. The quantitative estimate of drug-likeness (QED) is 0.855. The Labute approximate surface area is 124 Å². The van der Waals surface area contributed by atoms with Crippen LogP contribution in [0.5, 0.6) is 5.75 Å². The van der Waals surface area contributed by atoms with Crippen LogP contribution in [0.2, 0.25) is 0 Å². The minimum atomic E-state index is -0.905. The molecule has 2 aromatic carbocycles. The van der Waals surface area contributed by atoms with Gasteiger partial charge in [0.25, 0.3) is 0 Å². The summed E-state index contributed by atoms with van der Waals surface area (Å²) in [7, 11) is 1.65. The summed E-state index contributed by atoms with van der Waals surface area (Å²) in [5, 5.41) is 12.4. The molecule has 110 valence electrons. The fraction of sp³-hybridized carbons (Fsp3) is 0.235. The third-order valence-corrected chi connectivity index (χ3v) is 3.38. The van der Waals surface area contributed by atoms with Crippen LogP contribution < -0.4 is 10.1 Å². The summed E-state index contributed by atoms with van der Waals surface area (Å²) in [6, 6.07) is 15.0. The molecule has 0 amide bonds. The summed E-state index contributed by atoms with van der Waals surface area (Å²) in [5.41, 5.74) is 2.39. The number of ether oxygens (including phenoxy) is 1. The van der Waals surface area contributed by atoms with E-state index >= 15 is 0 Å². The van der Waals surface area contributed by atoms with E-state index in [1.807, 2.05) is 30.3 Å². The minimum Gasteiger partial charge on any atom is -0.497 e. The van der Waals surface area contributed by atoms with Crippen LogP contribution in [0.4, 0.5) is 0 Å². The molecule has 0 unspecified atom stereocenters. The number of aromatic carboxylic acids is 1. The molecule has 21 heavy (non-hydrogen) atoms. The van der Waals surface area contributed by atoms with Gasteiger partial charge in [-0.3, -0.25) is 0 Å². The fourth-order valence-corrected chi connectivity index (χ4v) is 2.11. The second kappa shape index (κ2) is 6.90. The van der Waals surface area contributed by atoms with Gasteiger partial charge in [-0.1, -0.05) is 24.3 Å². The third kappa shape index (κ3) is 4.07. The van der Waals surface area contributed by atoms with Gasteiger partial charge < -0.3 is 15.2 Å². The molecular weight excluding hydrogens is 266 g/mol. The van der Waals surface area contributed by atoms with Crippen LogP contribution in [0.1, 0.15) is 34.5 Å². The lowest BCUT2D eigenvalue weighted by molar-refractivity contribution is 0.0696.